The standard InChI is InChI=1S/C22H34N2O3/c1-26-22(25)20-10-14-23(15-11-20)12-6-13-24(18-21-9-5-16-27-21)17-19-7-3-2-4-8-19/h2-4,7-8,20-21H,5-6,9-18H2,1H3/t21-/m1/s1. The lowest BCUT2D eigenvalue weighted by Gasteiger charge is -2.31. The fraction of sp³-hybridized carbons (Fsp3) is 0.682. The van der Waals surface area contributed by atoms with Gasteiger partial charge in [-0.1, -0.05) is 30.3 Å². The molecule has 1 aromatic rings. The molecule has 5 nitrogen and oxygen atoms in total. The summed E-state index contributed by atoms with van der Waals surface area (Å²) in [5, 5.41) is 0. The Morgan fingerprint density at radius 1 is 1.22 bits per heavy atom. The quantitative estimate of drug-likeness (QED) is 0.622. The van der Waals surface area contributed by atoms with Crippen LogP contribution in [-0.2, 0) is 20.8 Å². The number of piperidine rings is 1. The predicted octanol–water partition coefficient (Wildman–Crippen LogP) is 2.94. The summed E-state index contributed by atoms with van der Waals surface area (Å²) in [7, 11) is 1.49. The van der Waals surface area contributed by atoms with Gasteiger partial charge in [-0.3, -0.25) is 9.69 Å². The van der Waals surface area contributed by atoms with E-state index in [1.807, 2.05) is 0 Å². The van der Waals surface area contributed by atoms with Crippen LogP contribution >= 0.6 is 0 Å². The molecule has 2 saturated heterocycles. The molecule has 0 amide bonds. The van der Waals surface area contributed by atoms with Gasteiger partial charge in [-0.2, -0.15) is 0 Å². The van der Waals surface area contributed by atoms with E-state index in [0.717, 1.165) is 65.1 Å². The number of carbonyl (C=O) groups excluding carboxylic acids is 1. The van der Waals surface area contributed by atoms with Crippen LogP contribution in [0.3, 0.4) is 0 Å². The molecular weight excluding hydrogens is 340 g/mol. The number of rotatable bonds is 9. The third-order valence-corrected chi connectivity index (χ3v) is 5.81. The van der Waals surface area contributed by atoms with Crippen LogP contribution in [0, 0.1) is 5.92 Å². The van der Waals surface area contributed by atoms with Crippen molar-refractivity contribution in [2.24, 2.45) is 5.92 Å². The highest BCUT2D eigenvalue weighted by Crippen LogP contribution is 2.19. The smallest absolute Gasteiger partial charge is 0.308 e. The van der Waals surface area contributed by atoms with Crippen molar-refractivity contribution in [3.63, 3.8) is 0 Å². The van der Waals surface area contributed by atoms with Crippen molar-refractivity contribution in [3.05, 3.63) is 35.9 Å². The van der Waals surface area contributed by atoms with Crippen molar-refractivity contribution in [1.82, 2.24) is 9.80 Å². The Labute approximate surface area is 163 Å². The molecule has 1 aromatic carbocycles. The van der Waals surface area contributed by atoms with Gasteiger partial charge in [0.25, 0.3) is 0 Å². The third kappa shape index (κ3) is 6.59. The van der Waals surface area contributed by atoms with Gasteiger partial charge in [-0.15, -0.1) is 0 Å². The molecule has 0 spiro atoms. The minimum Gasteiger partial charge on any atom is -0.469 e. The number of benzene rings is 1. The summed E-state index contributed by atoms with van der Waals surface area (Å²) in [6.07, 6.45) is 5.78. The van der Waals surface area contributed by atoms with E-state index in [-0.39, 0.29) is 11.9 Å². The van der Waals surface area contributed by atoms with E-state index in [1.54, 1.807) is 0 Å². The fourth-order valence-corrected chi connectivity index (χ4v) is 4.23. The van der Waals surface area contributed by atoms with Crippen LogP contribution < -0.4 is 0 Å². The first-order valence-corrected chi connectivity index (χ1v) is 10.4. The number of methoxy groups -OCH3 is 1. The van der Waals surface area contributed by atoms with Gasteiger partial charge >= 0.3 is 5.97 Å². The molecule has 0 radical (unpaired) electrons. The first-order valence-electron chi connectivity index (χ1n) is 10.4. The minimum atomic E-state index is -0.0414. The highest BCUT2D eigenvalue weighted by molar-refractivity contribution is 5.72. The Hall–Kier alpha value is -1.43. The highest BCUT2D eigenvalue weighted by atomic mass is 16.5. The fourth-order valence-electron chi connectivity index (χ4n) is 4.23. The molecular formula is C22H34N2O3. The molecule has 0 aromatic heterocycles. The summed E-state index contributed by atoms with van der Waals surface area (Å²) in [6, 6.07) is 10.7. The molecule has 0 N–H and O–H groups in total. The number of carbonyl (C=O) groups is 1. The molecule has 0 saturated carbocycles. The number of ether oxygens (including phenoxy) is 2. The molecule has 2 aliphatic rings. The summed E-state index contributed by atoms with van der Waals surface area (Å²) in [4.78, 5) is 16.7. The van der Waals surface area contributed by atoms with E-state index in [9.17, 15) is 4.79 Å². The van der Waals surface area contributed by atoms with Gasteiger partial charge in [0.15, 0.2) is 0 Å². The van der Waals surface area contributed by atoms with E-state index in [0.29, 0.717) is 6.10 Å². The second-order valence-corrected chi connectivity index (χ2v) is 7.85. The van der Waals surface area contributed by atoms with E-state index in [2.05, 4.69) is 40.1 Å². The summed E-state index contributed by atoms with van der Waals surface area (Å²) in [6.45, 7) is 7.13. The summed E-state index contributed by atoms with van der Waals surface area (Å²) in [5.74, 6) is 0.0561. The molecule has 5 heteroatoms. The van der Waals surface area contributed by atoms with Crippen LogP contribution in [0.15, 0.2) is 30.3 Å². The summed E-state index contributed by atoms with van der Waals surface area (Å²) >= 11 is 0. The van der Waals surface area contributed by atoms with Crippen molar-refractivity contribution in [3.8, 4) is 0 Å². The highest BCUT2D eigenvalue weighted by Gasteiger charge is 2.25. The molecule has 27 heavy (non-hydrogen) atoms. The summed E-state index contributed by atoms with van der Waals surface area (Å²) < 4.78 is 10.7. The molecule has 2 heterocycles. The second-order valence-electron chi connectivity index (χ2n) is 7.85. The zero-order valence-electron chi connectivity index (χ0n) is 16.6. The molecule has 2 fully saturated rings. The Morgan fingerprint density at radius 2 is 2.00 bits per heavy atom. The molecule has 150 valence electrons. The van der Waals surface area contributed by atoms with E-state index >= 15 is 0 Å². The number of nitrogens with zero attached hydrogens (tertiary/aromatic N) is 2. The van der Waals surface area contributed by atoms with Crippen LogP contribution in [0.25, 0.3) is 0 Å². The van der Waals surface area contributed by atoms with Gasteiger partial charge in [-0.25, -0.2) is 0 Å². The van der Waals surface area contributed by atoms with Crippen LogP contribution in [0.2, 0.25) is 0 Å². The molecule has 3 rings (SSSR count). The van der Waals surface area contributed by atoms with E-state index in [1.165, 1.54) is 25.5 Å². The van der Waals surface area contributed by atoms with Crippen molar-refractivity contribution >= 4 is 5.97 Å². The van der Waals surface area contributed by atoms with Gasteiger partial charge in [0.05, 0.1) is 19.1 Å². The van der Waals surface area contributed by atoms with Crippen molar-refractivity contribution in [2.45, 2.75) is 44.8 Å². The maximum atomic E-state index is 11.7. The van der Waals surface area contributed by atoms with Crippen molar-refractivity contribution in [2.75, 3.05) is 46.4 Å². The summed E-state index contributed by atoms with van der Waals surface area (Å²) in [5.41, 5.74) is 1.37. The zero-order chi connectivity index (χ0) is 18.9. The Bertz CT molecular complexity index is 552. The first kappa shape index (κ1) is 20.3. The second kappa shape index (κ2) is 10.8. The third-order valence-electron chi connectivity index (χ3n) is 5.81. The monoisotopic (exact) mass is 374 g/mol. The SMILES string of the molecule is COC(=O)C1CCN(CCCN(Cc2ccccc2)C[C@H]2CCCO2)CC1. The van der Waals surface area contributed by atoms with Gasteiger partial charge in [-0.05, 0) is 63.8 Å². The lowest BCUT2D eigenvalue weighted by Crippen LogP contribution is -2.39. The molecule has 0 unspecified atom stereocenters. The average Bonchev–Trinajstić information content (AvgIpc) is 3.21. The van der Waals surface area contributed by atoms with Gasteiger partial charge in [0.1, 0.15) is 0 Å². The lowest BCUT2D eigenvalue weighted by atomic mass is 9.97. The Kier molecular flexibility index (Phi) is 8.11. The van der Waals surface area contributed by atoms with Gasteiger partial charge < -0.3 is 14.4 Å². The Morgan fingerprint density at radius 3 is 2.67 bits per heavy atom. The Balaban J connectivity index is 1.42. The van der Waals surface area contributed by atoms with E-state index in [4.69, 9.17) is 9.47 Å². The van der Waals surface area contributed by atoms with Crippen LogP contribution in [-0.4, -0.2) is 68.3 Å². The number of esters is 1. The number of likely N-dealkylation sites (tertiary alicyclic amines) is 1. The zero-order valence-corrected chi connectivity index (χ0v) is 16.6. The van der Waals surface area contributed by atoms with Gasteiger partial charge in [0, 0.05) is 19.7 Å². The molecule has 1 atom stereocenters. The predicted molar refractivity (Wildman–Crippen MR) is 106 cm³/mol. The number of hydrogen-bond acceptors (Lipinski definition) is 5. The molecule has 2 aliphatic heterocycles. The van der Waals surface area contributed by atoms with Crippen molar-refractivity contribution in [1.29, 1.82) is 0 Å². The van der Waals surface area contributed by atoms with Crippen molar-refractivity contribution < 1.29 is 14.3 Å². The molecule has 0 bridgehead atoms. The largest absolute Gasteiger partial charge is 0.469 e. The average molecular weight is 375 g/mol. The topological polar surface area (TPSA) is 42.0 Å². The minimum absolute atomic E-state index is 0.0414. The normalized spacial score (nSPS) is 21.6. The van der Waals surface area contributed by atoms with E-state index < -0.39 is 0 Å². The first-order chi connectivity index (χ1) is 13.2. The lowest BCUT2D eigenvalue weighted by molar-refractivity contribution is -0.147. The maximum Gasteiger partial charge on any atom is 0.308 e. The number of hydrogen-bond donors (Lipinski definition) is 0. The van der Waals surface area contributed by atoms with Crippen LogP contribution in [0.4, 0.5) is 0 Å². The van der Waals surface area contributed by atoms with Crippen LogP contribution in [0.1, 0.15) is 37.7 Å². The molecule has 0 aliphatic carbocycles. The maximum absolute atomic E-state index is 11.7. The van der Waals surface area contributed by atoms with Gasteiger partial charge in [0.2, 0.25) is 0 Å². The van der Waals surface area contributed by atoms with Crippen LogP contribution in [0.5, 0.6) is 0 Å².